The molecule has 1 aliphatic heterocycles. The minimum atomic E-state index is 0.168. The molecule has 0 spiro atoms. The van der Waals surface area contributed by atoms with Crippen molar-refractivity contribution in [3.63, 3.8) is 0 Å². The van der Waals surface area contributed by atoms with Crippen molar-refractivity contribution in [2.45, 2.75) is 44.6 Å². The number of piperidine rings is 1. The third kappa shape index (κ3) is 6.12. The van der Waals surface area contributed by atoms with Gasteiger partial charge in [0.2, 0.25) is 5.91 Å². The van der Waals surface area contributed by atoms with E-state index in [-0.39, 0.29) is 5.91 Å². The molecule has 0 unspecified atom stereocenters. The van der Waals surface area contributed by atoms with Gasteiger partial charge in [0.15, 0.2) is 0 Å². The number of likely N-dealkylation sites (N-methyl/N-ethyl adjacent to an activating group) is 1. The van der Waals surface area contributed by atoms with Gasteiger partial charge in [-0.05, 0) is 52.1 Å². The summed E-state index contributed by atoms with van der Waals surface area (Å²) < 4.78 is 0. The molecule has 7 heteroatoms. The summed E-state index contributed by atoms with van der Waals surface area (Å²) in [6, 6.07) is 2.66. The number of nitrogens with one attached hydrogen (secondary N) is 2. The van der Waals surface area contributed by atoms with Crippen molar-refractivity contribution >= 4 is 17.5 Å². The van der Waals surface area contributed by atoms with Gasteiger partial charge in [0, 0.05) is 44.7 Å². The first kappa shape index (κ1) is 18.9. The van der Waals surface area contributed by atoms with E-state index >= 15 is 0 Å². The largest absolute Gasteiger partial charge is 0.367 e. The lowest BCUT2D eigenvalue weighted by molar-refractivity contribution is -0.121. The van der Waals surface area contributed by atoms with Gasteiger partial charge in [-0.3, -0.25) is 4.79 Å². The second-order valence-corrected chi connectivity index (χ2v) is 7.83. The smallest absolute Gasteiger partial charge is 0.220 e. The fourth-order valence-electron chi connectivity index (χ4n) is 3.39. The van der Waals surface area contributed by atoms with Crippen LogP contribution in [0.25, 0.3) is 0 Å². The van der Waals surface area contributed by atoms with Gasteiger partial charge in [0.05, 0.1) is 0 Å². The molecule has 26 heavy (non-hydrogen) atoms. The molecule has 1 aromatic heterocycles. The molecule has 1 amide bonds. The molecule has 1 saturated carbocycles. The van der Waals surface area contributed by atoms with Crippen molar-refractivity contribution < 1.29 is 4.79 Å². The van der Waals surface area contributed by atoms with E-state index in [1.165, 1.54) is 19.3 Å². The van der Waals surface area contributed by atoms with Gasteiger partial charge in [-0.25, -0.2) is 9.97 Å². The van der Waals surface area contributed by atoms with Crippen LogP contribution in [-0.4, -0.2) is 67.1 Å². The minimum absolute atomic E-state index is 0.168. The predicted octanol–water partition coefficient (Wildman–Crippen LogP) is 1.73. The summed E-state index contributed by atoms with van der Waals surface area (Å²) in [6.45, 7) is 3.62. The highest BCUT2D eigenvalue weighted by molar-refractivity contribution is 5.75. The molecule has 2 fully saturated rings. The molecule has 0 aromatic carbocycles. The summed E-state index contributed by atoms with van der Waals surface area (Å²) >= 11 is 0. The van der Waals surface area contributed by atoms with Gasteiger partial charge >= 0.3 is 0 Å². The second kappa shape index (κ2) is 9.16. The zero-order valence-electron chi connectivity index (χ0n) is 16.1. The van der Waals surface area contributed by atoms with Crippen molar-refractivity contribution in [2.75, 3.05) is 50.5 Å². The zero-order valence-corrected chi connectivity index (χ0v) is 16.1. The topological polar surface area (TPSA) is 73.4 Å². The average molecular weight is 361 g/mol. The van der Waals surface area contributed by atoms with Gasteiger partial charge in [-0.2, -0.15) is 0 Å². The number of aromatic nitrogens is 2. The van der Waals surface area contributed by atoms with Crippen LogP contribution < -0.4 is 15.5 Å². The Balaban J connectivity index is 1.44. The van der Waals surface area contributed by atoms with Crippen LogP contribution in [0, 0.1) is 5.92 Å². The highest BCUT2D eigenvalue weighted by Gasteiger charge is 2.24. The van der Waals surface area contributed by atoms with E-state index in [0.717, 1.165) is 50.7 Å². The zero-order chi connectivity index (χ0) is 18.4. The monoisotopic (exact) mass is 360 g/mol. The van der Waals surface area contributed by atoms with Crippen LogP contribution in [0.1, 0.15) is 38.5 Å². The standard InChI is InChI=1S/C19H32N6O/c1-24(2)11-9-20-19(26)8-5-15-4-3-10-25(13-15)18-12-17(21-14-22-18)23-16-6-7-16/h12,14-16H,3-11,13H2,1-2H3,(H,20,26)(H,21,22,23)/t15-/m1/s1. The van der Waals surface area contributed by atoms with E-state index in [2.05, 4.69) is 36.5 Å². The van der Waals surface area contributed by atoms with Crippen molar-refractivity contribution in [3.05, 3.63) is 12.4 Å². The Labute approximate surface area is 156 Å². The maximum atomic E-state index is 12.0. The van der Waals surface area contributed by atoms with E-state index in [0.29, 0.717) is 18.4 Å². The molecule has 3 rings (SSSR count). The third-order valence-corrected chi connectivity index (χ3v) is 5.09. The highest BCUT2D eigenvalue weighted by atomic mass is 16.1. The number of hydrogen-bond donors (Lipinski definition) is 2. The summed E-state index contributed by atoms with van der Waals surface area (Å²) in [5.74, 6) is 2.66. The number of nitrogens with zero attached hydrogens (tertiary/aromatic N) is 4. The predicted molar refractivity (Wildman–Crippen MR) is 104 cm³/mol. The molecule has 2 aliphatic rings. The fourth-order valence-corrected chi connectivity index (χ4v) is 3.39. The van der Waals surface area contributed by atoms with Crippen LogP contribution in [0.2, 0.25) is 0 Å². The summed E-state index contributed by atoms with van der Waals surface area (Å²) in [5, 5.41) is 6.44. The first-order chi connectivity index (χ1) is 12.6. The molecule has 1 aliphatic carbocycles. The fraction of sp³-hybridized carbons (Fsp3) is 0.737. The maximum absolute atomic E-state index is 12.0. The molecule has 2 N–H and O–H groups in total. The minimum Gasteiger partial charge on any atom is -0.367 e. The lowest BCUT2D eigenvalue weighted by atomic mass is 9.93. The van der Waals surface area contributed by atoms with E-state index in [9.17, 15) is 4.79 Å². The van der Waals surface area contributed by atoms with Crippen LogP contribution in [0.15, 0.2) is 12.4 Å². The summed E-state index contributed by atoms with van der Waals surface area (Å²) in [7, 11) is 4.03. The lowest BCUT2D eigenvalue weighted by Gasteiger charge is -2.33. The van der Waals surface area contributed by atoms with Gasteiger partial charge in [0.1, 0.15) is 18.0 Å². The molecule has 1 atom stereocenters. The number of carbonyl (C=O) groups excluding carboxylic acids is 1. The number of amides is 1. The lowest BCUT2D eigenvalue weighted by Crippen LogP contribution is -2.37. The first-order valence-electron chi connectivity index (χ1n) is 9.85. The van der Waals surface area contributed by atoms with Crippen LogP contribution in [-0.2, 0) is 4.79 Å². The molecule has 0 bridgehead atoms. The molecule has 0 radical (unpaired) electrons. The SMILES string of the molecule is CN(C)CCNC(=O)CC[C@H]1CCCN(c2cc(NC3CC3)ncn2)C1. The van der Waals surface area contributed by atoms with Crippen LogP contribution in [0.4, 0.5) is 11.6 Å². The quantitative estimate of drug-likeness (QED) is 0.699. The molecular formula is C19H32N6O. The molecule has 7 nitrogen and oxygen atoms in total. The van der Waals surface area contributed by atoms with Crippen molar-refractivity contribution in [1.82, 2.24) is 20.2 Å². The van der Waals surface area contributed by atoms with Crippen molar-refractivity contribution in [2.24, 2.45) is 5.92 Å². The molecular weight excluding hydrogens is 328 g/mol. The molecule has 2 heterocycles. The van der Waals surface area contributed by atoms with Crippen molar-refractivity contribution in [1.29, 1.82) is 0 Å². The Morgan fingerprint density at radius 2 is 2.15 bits per heavy atom. The number of hydrogen-bond acceptors (Lipinski definition) is 6. The third-order valence-electron chi connectivity index (χ3n) is 5.09. The Morgan fingerprint density at radius 1 is 1.31 bits per heavy atom. The Morgan fingerprint density at radius 3 is 2.92 bits per heavy atom. The van der Waals surface area contributed by atoms with Crippen LogP contribution in [0.3, 0.4) is 0 Å². The average Bonchev–Trinajstić information content (AvgIpc) is 3.44. The van der Waals surface area contributed by atoms with Gasteiger partial charge in [-0.15, -0.1) is 0 Å². The number of anilines is 2. The van der Waals surface area contributed by atoms with Gasteiger partial charge < -0.3 is 20.4 Å². The Hall–Kier alpha value is -1.89. The number of rotatable bonds is 9. The second-order valence-electron chi connectivity index (χ2n) is 7.83. The molecule has 1 aromatic rings. The summed E-state index contributed by atoms with van der Waals surface area (Å²) in [4.78, 5) is 25.2. The number of carbonyl (C=O) groups is 1. The van der Waals surface area contributed by atoms with Crippen molar-refractivity contribution in [3.8, 4) is 0 Å². The first-order valence-corrected chi connectivity index (χ1v) is 9.85. The Kier molecular flexibility index (Phi) is 6.66. The molecule has 1 saturated heterocycles. The maximum Gasteiger partial charge on any atom is 0.220 e. The summed E-state index contributed by atoms with van der Waals surface area (Å²) in [5.41, 5.74) is 0. The van der Waals surface area contributed by atoms with E-state index in [1.54, 1.807) is 6.33 Å². The summed E-state index contributed by atoms with van der Waals surface area (Å²) in [6.07, 6.45) is 8.04. The van der Waals surface area contributed by atoms with Crippen LogP contribution in [0.5, 0.6) is 0 Å². The van der Waals surface area contributed by atoms with Gasteiger partial charge in [-0.1, -0.05) is 0 Å². The van der Waals surface area contributed by atoms with E-state index < -0.39 is 0 Å². The van der Waals surface area contributed by atoms with E-state index in [1.807, 2.05) is 14.1 Å². The van der Waals surface area contributed by atoms with Gasteiger partial charge in [0.25, 0.3) is 0 Å². The van der Waals surface area contributed by atoms with E-state index in [4.69, 9.17) is 0 Å². The van der Waals surface area contributed by atoms with Crippen LogP contribution >= 0.6 is 0 Å². The Bertz CT molecular complexity index is 589. The molecule has 144 valence electrons. The normalized spacial score (nSPS) is 20.3. The highest BCUT2D eigenvalue weighted by Crippen LogP contribution is 2.27.